The summed E-state index contributed by atoms with van der Waals surface area (Å²) in [7, 11) is 0. The molecule has 0 atom stereocenters. The van der Waals surface area contributed by atoms with Gasteiger partial charge in [-0.3, -0.25) is 9.59 Å². The smallest absolute Gasteiger partial charge is 0.258 e. The van der Waals surface area contributed by atoms with Crippen molar-refractivity contribution in [3.63, 3.8) is 0 Å². The van der Waals surface area contributed by atoms with E-state index in [1.165, 1.54) is 6.20 Å². The van der Waals surface area contributed by atoms with Gasteiger partial charge in [0.05, 0.1) is 28.0 Å². The number of nitrogens with one attached hydrogen (secondary N) is 1. The lowest BCUT2D eigenvalue weighted by molar-refractivity contribution is 0.0746. The molecule has 1 aliphatic heterocycles. The van der Waals surface area contributed by atoms with Gasteiger partial charge in [0.25, 0.3) is 11.8 Å². The van der Waals surface area contributed by atoms with Gasteiger partial charge in [0, 0.05) is 37.3 Å². The minimum Gasteiger partial charge on any atom is -0.353 e. The van der Waals surface area contributed by atoms with Crippen LogP contribution in [0.4, 0.5) is 20.3 Å². The van der Waals surface area contributed by atoms with Crippen molar-refractivity contribution in [2.75, 3.05) is 36.4 Å². The fraction of sp³-hybridized carbons (Fsp3) is 0.174. The van der Waals surface area contributed by atoms with Crippen molar-refractivity contribution in [2.24, 2.45) is 0 Å². The second-order valence-electron chi connectivity index (χ2n) is 7.39. The summed E-state index contributed by atoms with van der Waals surface area (Å²) in [5.41, 5.74) is 0.519. The fourth-order valence-electron chi connectivity index (χ4n) is 3.49. The first-order chi connectivity index (χ1) is 15.8. The summed E-state index contributed by atoms with van der Waals surface area (Å²) in [6.45, 7) is 2.11. The van der Waals surface area contributed by atoms with Crippen molar-refractivity contribution >= 4 is 46.5 Å². The first-order valence-corrected chi connectivity index (χ1v) is 10.8. The predicted molar refractivity (Wildman–Crippen MR) is 123 cm³/mol. The number of nitrogens with zero attached hydrogens (tertiary/aromatic N) is 3. The molecular formula is C23H18Cl2F2N4O2. The average Bonchev–Trinajstić information content (AvgIpc) is 2.79. The monoisotopic (exact) mass is 490 g/mol. The number of rotatable bonds is 4. The van der Waals surface area contributed by atoms with Gasteiger partial charge in [-0.1, -0.05) is 23.2 Å². The SMILES string of the molecule is O=C(Nc1ccc(N2CCN(C(=O)c3ccc(Cl)cc3Cl)CC2)nc1)c1ccc(F)cc1F. The molecule has 0 bridgehead atoms. The number of hydrogen-bond donors (Lipinski definition) is 1. The highest BCUT2D eigenvalue weighted by Crippen LogP contribution is 2.24. The fourth-order valence-corrected chi connectivity index (χ4v) is 3.98. The van der Waals surface area contributed by atoms with Crippen LogP contribution >= 0.6 is 23.2 Å². The van der Waals surface area contributed by atoms with Crippen molar-refractivity contribution in [3.8, 4) is 0 Å². The van der Waals surface area contributed by atoms with Gasteiger partial charge < -0.3 is 15.1 Å². The lowest BCUT2D eigenvalue weighted by Gasteiger charge is -2.35. The molecule has 1 aliphatic rings. The maximum Gasteiger partial charge on any atom is 0.258 e. The third-order valence-electron chi connectivity index (χ3n) is 5.23. The molecule has 1 N–H and O–H groups in total. The second-order valence-corrected chi connectivity index (χ2v) is 8.23. The maximum absolute atomic E-state index is 13.8. The molecule has 1 aromatic heterocycles. The van der Waals surface area contributed by atoms with E-state index in [0.717, 1.165) is 12.1 Å². The predicted octanol–water partition coefficient (Wildman–Crippen LogP) is 4.88. The molecule has 1 fully saturated rings. The number of carbonyl (C=O) groups is 2. The van der Waals surface area contributed by atoms with Crippen LogP contribution in [0.15, 0.2) is 54.7 Å². The zero-order valence-electron chi connectivity index (χ0n) is 17.2. The molecule has 6 nitrogen and oxygen atoms in total. The van der Waals surface area contributed by atoms with E-state index in [4.69, 9.17) is 23.2 Å². The summed E-state index contributed by atoms with van der Waals surface area (Å²) in [5.74, 6) is -1.87. The van der Waals surface area contributed by atoms with Crippen LogP contribution < -0.4 is 10.2 Å². The van der Waals surface area contributed by atoms with E-state index in [2.05, 4.69) is 10.3 Å². The number of hydrogen-bond acceptors (Lipinski definition) is 4. The number of anilines is 2. The lowest BCUT2D eigenvalue weighted by atomic mass is 10.1. The molecule has 170 valence electrons. The number of carbonyl (C=O) groups excluding carboxylic acids is 2. The van der Waals surface area contributed by atoms with Gasteiger partial charge in [0.15, 0.2) is 0 Å². The van der Waals surface area contributed by atoms with Crippen molar-refractivity contribution < 1.29 is 18.4 Å². The van der Waals surface area contributed by atoms with Gasteiger partial charge in [-0.15, -0.1) is 0 Å². The minimum atomic E-state index is -0.940. The molecular weight excluding hydrogens is 473 g/mol. The first kappa shape index (κ1) is 22.9. The van der Waals surface area contributed by atoms with Crippen LogP contribution in [0.25, 0.3) is 0 Å². The van der Waals surface area contributed by atoms with E-state index in [-0.39, 0.29) is 11.5 Å². The molecule has 0 radical (unpaired) electrons. The van der Waals surface area contributed by atoms with Crippen LogP contribution in [-0.4, -0.2) is 47.9 Å². The Hall–Kier alpha value is -3.23. The van der Waals surface area contributed by atoms with Gasteiger partial charge >= 0.3 is 0 Å². The number of amides is 2. The van der Waals surface area contributed by atoms with E-state index in [1.807, 2.05) is 4.90 Å². The average molecular weight is 491 g/mol. The second kappa shape index (κ2) is 9.72. The van der Waals surface area contributed by atoms with Crippen LogP contribution in [-0.2, 0) is 0 Å². The third kappa shape index (κ3) is 5.23. The lowest BCUT2D eigenvalue weighted by Crippen LogP contribution is -2.49. The zero-order chi connectivity index (χ0) is 23.5. The van der Waals surface area contributed by atoms with Crippen molar-refractivity contribution in [2.45, 2.75) is 0 Å². The Morgan fingerprint density at radius 1 is 0.909 bits per heavy atom. The highest BCUT2D eigenvalue weighted by Gasteiger charge is 2.24. The van der Waals surface area contributed by atoms with Gasteiger partial charge in [0.1, 0.15) is 17.5 Å². The Kier molecular flexibility index (Phi) is 6.76. The maximum atomic E-state index is 13.8. The molecule has 4 rings (SSSR count). The zero-order valence-corrected chi connectivity index (χ0v) is 18.7. The van der Waals surface area contributed by atoms with Gasteiger partial charge in [-0.2, -0.15) is 0 Å². The Morgan fingerprint density at radius 3 is 2.27 bits per heavy atom. The first-order valence-electron chi connectivity index (χ1n) is 10.0. The summed E-state index contributed by atoms with van der Waals surface area (Å²) < 4.78 is 26.8. The summed E-state index contributed by atoms with van der Waals surface area (Å²) in [6.07, 6.45) is 1.46. The molecule has 2 aromatic carbocycles. The van der Waals surface area contributed by atoms with Crippen molar-refractivity contribution in [1.29, 1.82) is 0 Å². The topological polar surface area (TPSA) is 65.5 Å². The molecule has 3 aromatic rings. The third-order valence-corrected chi connectivity index (χ3v) is 5.78. The van der Waals surface area contributed by atoms with Crippen LogP contribution in [0.2, 0.25) is 10.0 Å². The molecule has 0 spiro atoms. The highest BCUT2D eigenvalue weighted by molar-refractivity contribution is 6.36. The van der Waals surface area contributed by atoms with E-state index in [0.29, 0.717) is 59.4 Å². The molecule has 2 heterocycles. The Labute approximate surface area is 198 Å². The number of pyridine rings is 1. The molecule has 0 unspecified atom stereocenters. The summed E-state index contributed by atoms with van der Waals surface area (Å²) in [4.78, 5) is 33.1. The largest absolute Gasteiger partial charge is 0.353 e. The van der Waals surface area contributed by atoms with E-state index in [9.17, 15) is 18.4 Å². The Bertz CT molecular complexity index is 1200. The Morgan fingerprint density at radius 2 is 1.64 bits per heavy atom. The van der Waals surface area contributed by atoms with Gasteiger partial charge in [-0.05, 0) is 42.5 Å². The van der Waals surface area contributed by atoms with Crippen molar-refractivity contribution in [1.82, 2.24) is 9.88 Å². The Balaban J connectivity index is 1.35. The van der Waals surface area contributed by atoms with Crippen LogP contribution in [0.1, 0.15) is 20.7 Å². The molecule has 1 saturated heterocycles. The summed E-state index contributed by atoms with van der Waals surface area (Å²) in [6, 6.07) is 10.9. The van der Waals surface area contributed by atoms with Gasteiger partial charge in [0.2, 0.25) is 0 Å². The quantitative estimate of drug-likeness (QED) is 0.565. The van der Waals surface area contributed by atoms with Crippen LogP contribution in [0, 0.1) is 11.6 Å². The van der Waals surface area contributed by atoms with Crippen LogP contribution in [0.3, 0.4) is 0 Å². The van der Waals surface area contributed by atoms with Crippen LogP contribution in [0.5, 0.6) is 0 Å². The number of aromatic nitrogens is 1. The molecule has 2 amide bonds. The number of piperazine rings is 1. The van der Waals surface area contributed by atoms with E-state index >= 15 is 0 Å². The molecule has 0 saturated carbocycles. The normalized spacial score (nSPS) is 13.7. The minimum absolute atomic E-state index is 0.157. The van der Waals surface area contributed by atoms with Gasteiger partial charge in [-0.25, -0.2) is 13.8 Å². The highest BCUT2D eigenvalue weighted by atomic mass is 35.5. The molecule has 33 heavy (non-hydrogen) atoms. The van der Waals surface area contributed by atoms with Crippen molar-refractivity contribution in [3.05, 3.63) is 87.5 Å². The number of benzene rings is 2. The standard InChI is InChI=1S/C23H18Cl2F2N4O2/c24-14-1-4-17(19(25)11-14)23(33)31-9-7-30(8-10-31)21-6-3-16(13-28-21)29-22(32)18-5-2-15(26)12-20(18)27/h1-6,11-13H,7-10H2,(H,29,32). The van der Waals surface area contributed by atoms with E-state index in [1.54, 1.807) is 35.2 Å². The molecule has 0 aliphatic carbocycles. The van der Waals surface area contributed by atoms with E-state index < -0.39 is 17.5 Å². The molecule has 10 heteroatoms. The summed E-state index contributed by atoms with van der Waals surface area (Å²) in [5, 5.41) is 3.32. The number of halogens is 4. The summed E-state index contributed by atoms with van der Waals surface area (Å²) >= 11 is 12.1.